The zero-order valence-corrected chi connectivity index (χ0v) is 19.2. The Hall–Kier alpha value is -2.62. The first-order valence-corrected chi connectivity index (χ1v) is 11.1. The highest BCUT2D eigenvalue weighted by molar-refractivity contribution is 5.99. The van der Waals surface area contributed by atoms with Crippen molar-refractivity contribution in [3.8, 4) is 16.9 Å². The molecule has 0 aliphatic heterocycles. The van der Waals surface area contributed by atoms with Gasteiger partial charge in [-0.1, -0.05) is 26.8 Å². The normalized spacial score (nSPS) is 33.1. The summed E-state index contributed by atoms with van der Waals surface area (Å²) in [6.07, 6.45) is 8.53. The summed E-state index contributed by atoms with van der Waals surface area (Å²) in [6.45, 7) is 10.5. The lowest BCUT2D eigenvalue weighted by molar-refractivity contribution is -0.146. The highest BCUT2D eigenvalue weighted by Crippen LogP contribution is 2.65. The minimum Gasteiger partial charge on any atom is -0.496 e. The van der Waals surface area contributed by atoms with Gasteiger partial charge in [0.15, 0.2) is 5.78 Å². The number of benzene rings is 1. The van der Waals surface area contributed by atoms with Crippen molar-refractivity contribution in [1.82, 2.24) is 0 Å². The Morgan fingerprint density at radius 3 is 2.48 bits per heavy atom. The van der Waals surface area contributed by atoms with Crippen LogP contribution in [-0.4, -0.2) is 18.7 Å². The molecule has 1 saturated carbocycles. The predicted octanol–water partition coefficient (Wildman–Crippen LogP) is 5.45. The summed E-state index contributed by atoms with van der Waals surface area (Å²) in [5, 5.41) is 0. The molecule has 0 bridgehead atoms. The van der Waals surface area contributed by atoms with E-state index in [0.29, 0.717) is 6.42 Å². The summed E-state index contributed by atoms with van der Waals surface area (Å²) in [4.78, 5) is 26.5. The van der Waals surface area contributed by atoms with Gasteiger partial charge in [0.2, 0.25) is 0 Å². The first-order valence-electron chi connectivity index (χ1n) is 11.1. The van der Waals surface area contributed by atoms with E-state index in [1.165, 1.54) is 5.56 Å². The van der Waals surface area contributed by atoms with Crippen LogP contribution < -0.4 is 4.74 Å². The monoisotopic (exact) mass is 418 g/mol. The highest BCUT2D eigenvalue weighted by Gasteiger charge is 2.65. The first-order chi connectivity index (χ1) is 14.6. The molecule has 2 aromatic rings. The smallest absolute Gasteiger partial charge is 0.161 e. The topological polar surface area (TPSA) is 56.5 Å². The summed E-state index contributed by atoms with van der Waals surface area (Å²) < 4.78 is 11.1. The lowest BCUT2D eigenvalue weighted by atomic mass is 9.45. The number of fused-ring (bicyclic) bond motifs is 5. The fraction of sp³-hybridized carbons (Fsp3) is 0.481. The van der Waals surface area contributed by atoms with Crippen molar-refractivity contribution >= 4 is 11.6 Å². The van der Waals surface area contributed by atoms with E-state index in [1.54, 1.807) is 25.7 Å². The summed E-state index contributed by atoms with van der Waals surface area (Å²) in [5.41, 5.74) is 4.13. The van der Waals surface area contributed by atoms with Gasteiger partial charge in [-0.15, -0.1) is 0 Å². The molecule has 5 rings (SSSR count). The van der Waals surface area contributed by atoms with Crippen molar-refractivity contribution in [2.45, 2.75) is 52.9 Å². The number of rotatable bonds is 2. The van der Waals surface area contributed by atoms with E-state index in [9.17, 15) is 9.59 Å². The fourth-order valence-corrected chi connectivity index (χ4v) is 7.03. The average Bonchev–Trinajstić information content (AvgIpc) is 3.35. The van der Waals surface area contributed by atoms with Gasteiger partial charge >= 0.3 is 0 Å². The molecule has 162 valence electrons. The Morgan fingerprint density at radius 1 is 1.10 bits per heavy atom. The van der Waals surface area contributed by atoms with Gasteiger partial charge in [0.05, 0.1) is 25.1 Å². The third-order valence-electron chi connectivity index (χ3n) is 8.94. The van der Waals surface area contributed by atoms with Gasteiger partial charge in [0, 0.05) is 23.0 Å². The van der Waals surface area contributed by atoms with Crippen LogP contribution in [0, 0.1) is 29.6 Å². The third kappa shape index (κ3) is 2.36. The summed E-state index contributed by atoms with van der Waals surface area (Å²) in [5.74, 6) is 1.25. The molecule has 3 aliphatic rings. The van der Waals surface area contributed by atoms with E-state index >= 15 is 0 Å². The van der Waals surface area contributed by atoms with Gasteiger partial charge in [-0.3, -0.25) is 9.59 Å². The second-order valence-electron chi connectivity index (χ2n) is 10.5. The molecule has 4 nitrogen and oxygen atoms in total. The first kappa shape index (κ1) is 20.3. The molecule has 1 aromatic heterocycles. The van der Waals surface area contributed by atoms with Crippen LogP contribution in [-0.2, 0) is 21.4 Å². The zero-order chi connectivity index (χ0) is 22.3. The number of carbonyl (C=O) groups is 2. The van der Waals surface area contributed by atoms with Crippen molar-refractivity contribution in [3.05, 3.63) is 53.5 Å². The van der Waals surface area contributed by atoms with E-state index < -0.39 is 10.8 Å². The maximum Gasteiger partial charge on any atom is 0.161 e. The number of Topliss-reactive ketones (excluding diaryl/α,β-unsaturated/α-hetero) is 1. The van der Waals surface area contributed by atoms with Gasteiger partial charge in [-0.25, -0.2) is 0 Å². The minimum absolute atomic E-state index is 0.00735. The molecular formula is C27H30O4. The summed E-state index contributed by atoms with van der Waals surface area (Å²) in [7, 11) is 1.68. The lowest BCUT2D eigenvalue weighted by Gasteiger charge is -2.57. The minimum atomic E-state index is -0.589. The number of ketones is 2. The fourth-order valence-electron chi connectivity index (χ4n) is 7.03. The van der Waals surface area contributed by atoms with E-state index in [1.807, 2.05) is 19.9 Å². The predicted molar refractivity (Wildman–Crippen MR) is 119 cm³/mol. The second-order valence-corrected chi connectivity index (χ2v) is 10.5. The van der Waals surface area contributed by atoms with Gasteiger partial charge in [-0.05, 0) is 72.4 Å². The Balaban J connectivity index is 1.74. The quantitative estimate of drug-likeness (QED) is 0.650. The highest BCUT2D eigenvalue weighted by atomic mass is 16.5. The Kier molecular flexibility index (Phi) is 4.07. The van der Waals surface area contributed by atoms with Gasteiger partial charge in [0.1, 0.15) is 11.5 Å². The average molecular weight is 419 g/mol. The number of ether oxygens (including phenoxy) is 1. The number of hydrogen-bond donors (Lipinski definition) is 0. The van der Waals surface area contributed by atoms with Crippen LogP contribution >= 0.6 is 0 Å². The lowest BCUT2D eigenvalue weighted by Crippen LogP contribution is -2.59. The molecule has 4 atom stereocenters. The Morgan fingerprint density at radius 2 is 1.84 bits per heavy atom. The molecule has 0 spiro atoms. The van der Waals surface area contributed by atoms with Crippen LogP contribution in [0.3, 0.4) is 0 Å². The molecule has 0 saturated heterocycles. The maximum absolute atomic E-state index is 13.8. The van der Waals surface area contributed by atoms with Gasteiger partial charge in [0.25, 0.3) is 0 Å². The molecule has 1 fully saturated rings. The van der Waals surface area contributed by atoms with Crippen molar-refractivity contribution in [2.75, 3.05) is 7.11 Å². The van der Waals surface area contributed by atoms with Crippen LogP contribution in [0.25, 0.3) is 11.1 Å². The van der Waals surface area contributed by atoms with E-state index in [4.69, 9.17) is 9.15 Å². The number of methoxy groups -OCH3 is 1. The van der Waals surface area contributed by atoms with Crippen molar-refractivity contribution < 1.29 is 18.7 Å². The zero-order valence-electron chi connectivity index (χ0n) is 19.2. The molecule has 1 heterocycles. The van der Waals surface area contributed by atoms with E-state index in [0.717, 1.165) is 34.4 Å². The van der Waals surface area contributed by atoms with Crippen LogP contribution in [0.4, 0.5) is 0 Å². The molecule has 0 amide bonds. The number of furan rings is 1. The van der Waals surface area contributed by atoms with Crippen molar-refractivity contribution in [3.63, 3.8) is 0 Å². The van der Waals surface area contributed by atoms with Crippen LogP contribution in [0.1, 0.15) is 50.8 Å². The van der Waals surface area contributed by atoms with Gasteiger partial charge in [-0.2, -0.15) is 0 Å². The Bertz CT molecular complexity index is 1140. The maximum atomic E-state index is 13.8. The molecule has 1 aromatic carbocycles. The Labute approximate surface area is 183 Å². The van der Waals surface area contributed by atoms with E-state index in [2.05, 4.69) is 32.9 Å². The standard InChI is InChI=1S/C27H30O4/c1-15-17-11-21-26(4)9-7-22(28)25(2,3)20(26)13-23(29)27(21,5)18(17)12-19(30-6)24(15)16-8-10-31-14-16/h7-10,12,14,20-21H,11,13H2,1-6H3. The largest absolute Gasteiger partial charge is 0.496 e. The molecule has 4 heteroatoms. The van der Waals surface area contributed by atoms with Crippen molar-refractivity contribution in [2.24, 2.45) is 22.7 Å². The molecule has 0 radical (unpaired) electrons. The summed E-state index contributed by atoms with van der Waals surface area (Å²) in [6, 6.07) is 4.02. The number of hydrogen-bond acceptors (Lipinski definition) is 4. The molecular weight excluding hydrogens is 388 g/mol. The number of allylic oxidation sites excluding steroid dienone is 2. The summed E-state index contributed by atoms with van der Waals surface area (Å²) >= 11 is 0. The SMILES string of the molecule is COc1cc2c(c(C)c1-c1ccoc1)CC1C2(C)C(=O)CC2C(C)(C)C(=O)C=CC21C. The third-order valence-corrected chi connectivity index (χ3v) is 8.94. The molecule has 3 aliphatic carbocycles. The van der Waals surface area contributed by atoms with Gasteiger partial charge < -0.3 is 9.15 Å². The molecule has 4 unspecified atom stereocenters. The number of carbonyl (C=O) groups excluding carboxylic acids is 2. The second kappa shape index (κ2) is 6.21. The molecule has 0 N–H and O–H groups in total. The van der Waals surface area contributed by atoms with Crippen LogP contribution in [0.5, 0.6) is 5.75 Å². The van der Waals surface area contributed by atoms with Crippen molar-refractivity contribution in [1.29, 1.82) is 0 Å². The van der Waals surface area contributed by atoms with E-state index in [-0.39, 0.29) is 28.8 Å². The van der Waals surface area contributed by atoms with Crippen LogP contribution in [0.15, 0.2) is 41.2 Å². The molecule has 31 heavy (non-hydrogen) atoms. The van der Waals surface area contributed by atoms with Crippen LogP contribution in [0.2, 0.25) is 0 Å².